The van der Waals surface area contributed by atoms with Crippen LogP contribution in [0.2, 0.25) is 0 Å². The average Bonchev–Trinajstić information content (AvgIpc) is 3.47. The molecule has 0 spiro atoms. The van der Waals surface area contributed by atoms with Crippen LogP contribution in [0.1, 0.15) is 348 Å². The largest absolute Gasteiger partial charge is 0.462 e. The van der Waals surface area contributed by atoms with Crippen LogP contribution in [0, 0.1) is 0 Å². The molecule has 0 radical (unpaired) electrons. The first-order valence-electron chi connectivity index (χ1n) is 35.2. The Balaban J connectivity index is 4.18. The van der Waals surface area contributed by atoms with E-state index in [1.165, 1.54) is 212 Å². The molecule has 1 unspecified atom stereocenters. The maximum Gasteiger partial charge on any atom is 0.306 e. The molecule has 0 saturated carbocycles. The first-order valence-corrected chi connectivity index (χ1v) is 35.2. The fraction of sp³-hybridized carbons (Fsp3) is 0.750. The van der Waals surface area contributed by atoms with E-state index in [0.717, 1.165) is 89.9 Å². The van der Waals surface area contributed by atoms with Crippen LogP contribution in [0.3, 0.4) is 0 Å². The lowest BCUT2D eigenvalue weighted by Crippen LogP contribution is -2.30. The van der Waals surface area contributed by atoms with Crippen LogP contribution in [-0.4, -0.2) is 37.2 Å². The van der Waals surface area contributed by atoms with E-state index in [9.17, 15) is 14.4 Å². The molecule has 0 amide bonds. The van der Waals surface area contributed by atoms with Crippen LogP contribution < -0.4 is 0 Å². The third-order valence-corrected chi connectivity index (χ3v) is 15.3. The number of unbranched alkanes of at least 4 members (excludes halogenated alkanes) is 37. The lowest BCUT2D eigenvalue weighted by Gasteiger charge is -2.18. The summed E-state index contributed by atoms with van der Waals surface area (Å²) >= 11 is 0. The van der Waals surface area contributed by atoms with Gasteiger partial charge in [0.25, 0.3) is 0 Å². The van der Waals surface area contributed by atoms with Gasteiger partial charge in [-0.1, -0.05) is 343 Å². The van der Waals surface area contributed by atoms with E-state index >= 15 is 0 Å². The Morgan fingerprint density at radius 3 is 0.817 bits per heavy atom. The maximum atomic E-state index is 12.9. The summed E-state index contributed by atoms with van der Waals surface area (Å²) in [5.41, 5.74) is 0. The minimum Gasteiger partial charge on any atom is -0.462 e. The fourth-order valence-corrected chi connectivity index (χ4v) is 10.2. The van der Waals surface area contributed by atoms with Gasteiger partial charge in [0.2, 0.25) is 0 Å². The van der Waals surface area contributed by atoms with Gasteiger partial charge >= 0.3 is 17.9 Å². The molecule has 6 heteroatoms. The minimum absolute atomic E-state index is 0.0941. The summed E-state index contributed by atoms with van der Waals surface area (Å²) in [7, 11) is 0. The predicted molar refractivity (Wildman–Crippen MR) is 357 cm³/mol. The Morgan fingerprint density at radius 2 is 0.500 bits per heavy atom. The average molecular weight is 1140 g/mol. The first-order chi connectivity index (χ1) is 40.5. The second-order valence-corrected chi connectivity index (χ2v) is 23.4. The fourth-order valence-electron chi connectivity index (χ4n) is 10.2. The standard InChI is InChI=1S/C76H132O6/c1-4-7-10-13-16-19-22-25-27-29-31-32-33-34-35-36-37-38-39-40-41-42-43-44-45-47-48-51-54-57-60-63-66-69-75(78)81-72-73(71-80-74(77)68-65-62-59-56-53-50-24-21-18-15-12-9-6-3)82-76(79)70-67-64-61-58-55-52-49-46-30-28-26-23-20-17-14-11-8-5-2/h7,9-10,12,16,18-19,21,25,27,31-32,50,53,59,62,73H,4-6,8,11,13-15,17,20,22-24,26,28-30,33-49,51-52,54-58,60-61,63-72H2,1-3H3/b10-7-,12-9-,19-16-,21-18-,27-25-,32-31-,53-50-,62-59-. The summed E-state index contributed by atoms with van der Waals surface area (Å²) in [5.74, 6) is -0.960. The quantitative estimate of drug-likeness (QED) is 0.0261. The van der Waals surface area contributed by atoms with Gasteiger partial charge in [-0.25, -0.2) is 0 Å². The molecular formula is C76H132O6. The zero-order valence-electron chi connectivity index (χ0n) is 54.2. The van der Waals surface area contributed by atoms with E-state index in [1.54, 1.807) is 0 Å². The summed E-state index contributed by atoms with van der Waals surface area (Å²) in [6.07, 6.45) is 94.7. The zero-order valence-corrected chi connectivity index (χ0v) is 54.2. The van der Waals surface area contributed by atoms with Gasteiger partial charge in [-0.15, -0.1) is 0 Å². The van der Waals surface area contributed by atoms with Crippen molar-refractivity contribution >= 4 is 17.9 Å². The second kappa shape index (κ2) is 69.8. The zero-order chi connectivity index (χ0) is 59.2. The van der Waals surface area contributed by atoms with Gasteiger partial charge in [0.1, 0.15) is 13.2 Å². The van der Waals surface area contributed by atoms with E-state index in [1.807, 2.05) is 6.08 Å². The number of hydrogen-bond donors (Lipinski definition) is 0. The molecule has 0 rings (SSSR count). The van der Waals surface area contributed by atoms with Crippen LogP contribution >= 0.6 is 0 Å². The monoisotopic (exact) mass is 1140 g/mol. The Labute approximate surface area is 508 Å². The third kappa shape index (κ3) is 67.1. The maximum absolute atomic E-state index is 12.9. The van der Waals surface area contributed by atoms with Gasteiger partial charge < -0.3 is 14.2 Å². The van der Waals surface area contributed by atoms with Crippen molar-refractivity contribution in [3.05, 3.63) is 97.2 Å². The van der Waals surface area contributed by atoms with Crippen molar-refractivity contribution in [3.63, 3.8) is 0 Å². The van der Waals surface area contributed by atoms with Crippen LogP contribution in [0.15, 0.2) is 97.2 Å². The molecular weight excluding hydrogens is 1010 g/mol. The minimum atomic E-state index is -0.804. The number of carbonyl (C=O) groups excluding carboxylic acids is 3. The second-order valence-electron chi connectivity index (χ2n) is 23.4. The lowest BCUT2D eigenvalue weighted by atomic mass is 10.0. The SMILES string of the molecule is CC/C=C\C/C=C\C/C=C\C/C=C\CCCCCCCCCCCCCCCCCCCCCCC(=O)OCC(COC(=O)CC/C=C\C/C=C\C/C=C\C/C=C\CC)OC(=O)CCCCCCCCCCCCCCCCCCCC. The van der Waals surface area contributed by atoms with Crippen LogP contribution in [0.5, 0.6) is 0 Å². The van der Waals surface area contributed by atoms with E-state index in [4.69, 9.17) is 14.2 Å². The molecule has 0 fully saturated rings. The summed E-state index contributed by atoms with van der Waals surface area (Å²) in [4.78, 5) is 38.3. The molecule has 0 aliphatic rings. The van der Waals surface area contributed by atoms with E-state index in [-0.39, 0.29) is 37.5 Å². The molecule has 6 nitrogen and oxygen atoms in total. The number of ether oxygens (including phenoxy) is 3. The Kier molecular flexibility index (Phi) is 66.7. The number of allylic oxidation sites excluding steroid dienone is 16. The molecule has 0 aromatic rings. The molecule has 0 aromatic carbocycles. The number of rotatable bonds is 64. The molecule has 0 aliphatic heterocycles. The van der Waals surface area contributed by atoms with Crippen molar-refractivity contribution in [3.8, 4) is 0 Å². The molecule has 0 N–H and O–H groups in total. The van der Waals surface area contributed by atoms with E-state index in [0.29, 0.717) is 19.3 Å². The summed E-state index contributed by atoms with van der Waals surface area (Å²) < 4.78 is 16.9. The van der Waals surface area contributed by atoms with Crippen molar-refractivity contribution in [2.45, 2.75) is 354 Å². The van der Waals surface area contributed by atoms with Crippen LogP contribution in [0.25, 0.3) is 0 Å². The molecule has 82 heavy (non-hydrogen) atoms. The normalized spacial score (nSPS) is 12.7. The van der Waals surface area contributed by atoms with E-state index < -0.39 is 6.10 Å². The Morgan fingerprint density at radius 1 is 0.256 bits per heavy atom. The van der Waals surface area contributed by atoms with Crippen molar-refractivity contribution in [1.29, 1.82) is 0 Å². The molecule has 0 heterocycles. The molecule has 0 aromatic heterocycles. The number of esters is 3. The Bertz CT molecular complexity index is 1590. The lowest BCUT2D eigenvalue weighted by molar-refractivity contribution is -0.166. The summed E-state index contributed by atoms with van der Waals surface area (Å²) in [6, 6.07) is 0. The number of carbonyl (C=O) groups is 3. The molecule has 0 saturated heterocycles. The van der Waals surface area contributed by atoms with Gasteiger partial charge in [-0.05, 0) is 83.5 Å². The topological polar surface area (TPSA) is 78.9 Å². The highest BCUT2D eigenvalue weighted by molar-refractivity contribution is 5.71. The highest BCUT2D eigenvalue weighted by Gasteiger charge is 2.19. The summed E-state index contributed by atoms with van der Waals surface area (Å²) in [6.45, 7) is 6.40. The first kappa shape index (κ1) is 78.3. The Hall–Kier alpha value is -3.67. The van der Waals surface area contributed by atoms with Crippen molar-refractivity contribution in [2.75, 3.05) is 13.2 Å². The predicted octanol–water partition coefficient (Wildman–Crippen LogP) is 24.4. The van der Waals surface area contributed by atoms with E-state index in [2.05, 4.69) is 112 Å². The van der Waals surface area contributed by atoms with Gasteiger partial charge in [0, 0.05) is 19.3 Å². The van der Waals surface area contributed by atoms with Gasteiger partial charge in [-0.3, -0.25) is 14.4 Å². The van der Waals surface area contributed by atoms with Crippen LogP contribution in [0.4, 0.5) is 0 Å². The van der Waals surface area contributed by atoms with Gasteiger partial charge in [0.15, 0.2) is 6.10 Å². The molecule has 472 valence electrons. The molecule has 0 bridgehead atoms. The number of hydrogen-bond acceptors (Lipinski definition) is 6. The highest BCUT2D eigenvalue weighted by atomic mass is 16.6. The van der Waals surface area contributed by atoms with Crippen molar-refractivity contribution in [1.82, 2.24) is 0 Å². The van der Waals surface area contributed by atoms with Crippen molar-refractivity contribution < 1.29 is 28.6 Å². The highest BCUT2D eigenvalue weighted by Crippen LogP contribution is 2.18. The molecule has 1 atom stereocenters. The smallest absolute Gasteiger partial charge is 0.306 e. The van der Waals surface area contributed by atoms with Crippen molar-refractivity contribution in [2.24, 2.45) is 0 Å². The van der Waals surface area contributed by atoms with Crippen LogP contribution in [-0.2, 0) is 28.6 Å². The summed E-state index contributed by atoms with van der Waals surface area (Å²) in [5, 5.41) is 0. The van der Waals surface area contributed by atoms with Gasteiger partial charge in [0.05, 0.1) is 0 Å². The molecule has 0 aliphatic carbocycles. The third-order valence-electron chi connectivity index (χ3n) is 15.3. The van der Waals surface area contributed by atoms with Gasteiger partial charge in [-0.2, -0.15) is 0 Å².